The highest BCUT2D eigenvalue weighted by atomic mass is 16.3. The van der Waals surface area contributed by atoms with Gasteiger partial charge in [0.1, 0.15) is 0 Å². The second-order valence-electron chi connectivity index (χ2n) is 4.09. The Morgan fingerprint density at radius 3 is 2.15 bits per heavy atom. The van der Waals surface area contributed by atoms with E-state index in [4.69, 9.17) is 10.4 Å². The first-order valence-electron chi connectivity index (χ1n) is 4.68. The van der Waals surface area contributed by atoms with Crippen LogP contribution in [-0.4, -0.2) is 37.3 Å². The topological polar surface area (TPSA) is 47.3 Å². The number of rotatable bonds is 5. The van der Waals surface area contributed by atoms with Crippen molar-refractivity contribution < 1.29 is 5.11 Å². The highest BCUT2D eigenvalue weighted by Gasteiger charge is 2.24. The van der Waals surface area contributed by atoms with Crippen LogP contribution in [0.1, 0.15) is 13.8 Å². The third-order valence-electron chi connectivity index (χ3n) is 2.31. The van der Waals surface area contributed by atoms with Crippen molar-refractivity contribution in [3.63, 3.8) is 0 Å². The zero-order chi connectivity index (χ0) is 10.4. The van der Waals surface area contributed by atoms with Crippen molar-refractivity contribution >= 4 is 0 Å². The standard InChI is InChI=1S/C10H20N2O/c1-8(2)10(6-12(3)4)9(5-11)7-13/h8-10,13H,6-7H2,1-4H3/t9-,10+/m0/s1. The Morgan fingerprint density at radius 2 is 1.92 bits per heavy atom. The van der Waals surface area contributed by atoms with Crippen LogP contribution < -0.4 is 0 Å². The molecule has 0 spiro atoms. The molecular formula is C10H20N2O. The van der Waals surface area contributed by atoms with Crippen LogP contribution >= 0.6 is 0 Å². The fourth-order valence-electron chi connectivity index (χ4n) is 1.50. The molecule has 76 valence electrons. The lowest BCUT2D eigenvalue weighted by Crippen LogP contribution is -2.32. The largest absolute Gasteiger partial charge is 0.395 e. The van der Waals surface area contributed by atoms with Gasteiger partial charge in [0.25, 0.3) is 0 Å². The van der Waals surface area contributed by atoms with Crippen LogP contribution in [0.3, 0.4) is 0 Å². The van der Waals surface area contributed by atoms with Gasteiger partial charge in [-0.05, 0) is 25.9 Å². The Kier molecular flexibility index (Phi) is 5.68. The van der Waals surface area contributed by atoms with Gasteiger partial charge in [-0.1, -0.05) is 13.8 Å². The Bertz CT molecular complexity index is 172. The van der Waals surface area contributed by atoms with Crippen LogP contribution in [0.5, 0.6) is 0 Å². The lowest BCUT2D eigenvalue weighted by atomic mass is 9.84. The SMILES string of the molecule is CC(C)[C@@H](CN(C)C)[C@@H](C#N)CO. The summed E-state index contributed by atoms with van der Waals surface area (Å²) >= 11 is 0. The fraction of sp³-hybridized carbons (Fsp3) is 0.900. The predicted molar refractivity (Wildman–Crippen MR) is 53.1 cm³/mol. The highest BCUT2D eigenvalue weighted by Crippen LogP contribution is 2.20. The molecule has 0 bridgehead atoms. The number of nitrogens with zero attached hydrogens (tertiary/aromatic N) is 2. The van der Waals surface area contributed by atoms with Gasteiger partial charge >= 0.3 is 0 Å². The molecule has 0 amide bonds. The van der Waals surface area contributed by atoms with Crippen LogP contribution in [0.15, 0.2) is 0 Å². The maximum absolute atomic E-state index is 9.02. The van der Waals surface area contributed by atoms with Gasteiger partial charge in [-0.15, -0.1) is 0 Å². The molecule has 0 rings (SSSR count). The Morgan fingerprint density at radius 1 is 1.38 bits per heavy atom. The van der Waals surface area contributed by atoms with E-state index in [1.165, 1.54) is 0 Å². The van der Waals surface area contributed by atoms with Crippen LogP contribution in [0.25, 0.3) is 0 Å². The van der Waals surface area contributed by atoms with Crippen LogP contribution in [0.4, 0.5) is 0 Å². The molecule has 2 atom stereocenters. The predicted octanol–water partition coefficient (Wildman–Crippen LogP) is 0.952. The van der Waals surface area contributed by atoms with E-state index >= 15 is 0 Å². The van der Waals surface area contributed by atoms with Crippen molar-refractivity contribution in [3.8, 4) is 6.07 Å². The minimum atomic E-state index is -0.234. The lowest BCUT2D eigenvalue weighted by molar-refractivity contribution is 0.155. The molecule has 3 heteroatoms. The summed E-state index contributed by atoms with van der Waals surface area (Å²) in [6, 6.07) is 2.16. The molecule has 0 unspecified atom stereocenters. The van der Waals surface area contributed by atoms with Gasteiger partial charge in [-0.2, -0.15) is 5.26 Å². The monoisotopic (exact) mass is 184 g/mol. The van der Waals surface area contributed by atoms with Crippen molar-refractivity contribution in [2.75, 3.05) is 27.2 Å². The molecule has 0 saturated heterocycles. The second-order valence-corrected chi connectivity index (χ2v) is 4.09. The normalized spacial score (nSPS) is 15.8. The summed E-state index contributed by atoms with van der Waals surface area (Å²) in [7, 11) is 3.97. The summed E-state index contributed by atoms with van der Waals surface area (Å²) in [5, 5.41) is 17.8. The van der Waals surface area contributed by atoms with E-state index in [0.29, 0.717) is 5.92 Å². The van der Waals surface area contributed by atoms with Crippen molar-refractivity contribution in [1.29, 1.82) is 5.26 Å². The number of aliphatic hydroxyl groups is 1. The zero-order valence-electron chi connectivity index (χ0n) is 8.99. The van der Waals surface area contributed by atoms with E-state index in [1.54, 1.807) is 0 Å². The van der Waals surface area contributed by atoms with E-state index in [0.717, 1.165) is 6.54 Å². The molecule has 1 N–H and O–H groups in total. The van der Waals surface area contributed by atoms with E-state index in [1.807, 2.05) is 14.1 Å². The van der Waals surface area contributed by atoms with Crippen LogP contribution in [-0.2, 0) is 0 Å². The first kappa shape index (κ1) is 12.4. The van der Waals surface area contributed by atoms with Gasteiger partial charge in [0.15, 0.2) is 0 Å². The smallest absolute Gasteiger partial charge is 0.0737 e. The maximum atomic E-state index is 9.02. The van der Waals surface area contributed by atoms with Crippen molar-refractivity contribution in [1.82, 2.24) is 4.90 Å². The van der Waals surface area contributed by atoms with Crippen LogP contribution in [0, 0.1) is 29.1 Å². The van der Waals surface area contributed by atoms with Gasteiger partial charge in [0.2, 0.25) is 0 Å². The summed E-state index contributed by atoms with van der Waals surface area (Å²) in [6.45, 7) is 5.01. The van der Waals surface area contributed by atoms with Gasteiger partial charge in [0, 0.05) is 6.54 Å². The minimum absolute atomic E-state index is 0.0345. The molecule has 0 heterocycles. The van der Waals surface area contributed by atoms with Gasteiger partial charge in [-0.25, -0.2) is 0 Å². The molecule has 0 aromatic heterocycles. The molecule has 0 aromatic carbocycles. The van der Waals surface area contributed by atoms with E-state index in [9.17, 15) is 0 Å². The molecular weight excluding hydrogens is 164 g/mol. The minimum Gasteiger partial charge on any atom is -0.395 e. The molecule has 0 fully saturated rings. The third-order valence-corrected chi connectivity index (χ3v) is 2.31. The molecule has 3 nitrogen and oxygen atoms in total. The molecule has 0 aliphatic carbocycles. The Balaban J connectivity index is 4.32. The average Bonchev–Trinajstić information content (AvgIpc) is 2.04. The third kappa shape index (κ3) is 4.25. The van der Waals surface area contributed by atoms with E-state index in [-0.39, 0.29) is 18.4 Å². The van der Waals surface area contributed by atoms with Gasteiger partial charge < -0.3 is 10.0 Å². The molecule has 0 aromatic rings. The van der Waals surface area contributed by atoms with Crippen molar-refractivity contribution in [2.45, 2.75) is 13.8 Å². The Labute approximate surface area is 81.0 Å². The van der Waals surface area contributed by atoms with E-state index < -0.39 is 0 Å². The number of hydrogen-bond donors (Lipinski definition) is 1. The first-order valence-corrected chi connectivity index (χ1v) is 4.68. The molecule has 0 radical (unpaired) electrons. The van der Waals surface area contributed by atoms with Gasteiger partial charge in [0.05, 0.1) is 18.6 Å². The summed E-state index contributed by atoms with van der Waals surface area (Å²) < 4.78 is 0. The molecule has 0 aliphatic rings. The summed E-state index contributed by atoms with van der Waals surface area (Å²) in [5.41, 5.74) is 0. The first-order chi connectivity index (χ1) is 6.02. The van der Waals surface area contributed by atoms with Crippen molar-refractivity contribution in [3.05, 3.63) is 0 Å². The quantitative estimate of drug-likeness (QED) is 0.692. The maximum Gasteiger partial charge on any atom is 0.0737 e. The zero-order valence-corrected chi connectivity index (χ0v) is 8.99. The lowest BCUT2D eigenvalue weighted by Gasteiger charge is -2.27. The average molecular weight is 184 g/mol. The number of hydrogen-bond acceptors (Lipinski definition) is 3. The second kappa shape index (κ2) is 5.95. The molecule has 13 heavy (non-hydrogen) atoms. The summed E-state index contributed by atoms with van der Waals surface area (Å²) in [4.78, 5) is 2.06. The summed E-state index contributed by atoms with van der Waals surface area (Å²) in [6.07, 6.45) is 0. The fourth-order valence-corrected chi connectivity index (χ4v) is 1.50. The summed E-state index contributed by atoms with van der Waals surface area (Å²) in [5.74, 6) is 0.451. The van der Waals surface area contributed by atoms with Crippen molar-refractivity contribution in [2.24, 2.45) is 17.8 Å². The number of nitriles is 1. The molecule has 0 aliphatic heterocycles. The van der Waals surface area contributed by atoms with Crippen LogP contribution in [0.2, 0.25) is 0 Å². The number of aliphatic hydroxyl groups excluding tert-OH is 1. The molecule has 0 saturated carbocycles. The Hall–Kier alpha value is -0.590. The van der Waals surface area contributed by atoms with Gasteiger partial charge in [-0.3, -0.25) is 0 Å². The van der Waals surface area contributed by atoms with E-state index in [2.05, 4.69) is 24.8 Å². The highest BCUT2D eigenvalue weighted by molar-refractivity contribution is 4.89.